The summed E-state index contributed by atoms with van der Waals surface area (Å²) in [5, 5.41) is 14.9. The Morgan fingerprint density at radius 3 is 2.80 bits per heavy atom. The number of rotatable bonds is 4. The number of hydrogen-bond donors (Lipinski definition) is 3. The third kappa shape index (κ3) is 3.41. The molecule has 20 heavy (non-hydrogen) atoms. The SMILES string of the molecule is CNC1CN(C(=O)O)C[C@H]1CNC(=O)c1ccc(Cl)s1. The first-order valence-corrected chi connectivity index (χ1v) is 7.39. The molecule has 0 radical (unpaired) electrons. The van der Waals surface area contributed by atoms with Crippen LogP contribution in [0.15, 0.2) is 12.1 Å². The van der Waals surface area contributed by atoms with Gasteiger partial charge in [0.05, 0.1) is 9.21 Å². The number of likely N-dealkylation sites (tertiary alicyclic amines) is 1. The summed E-state index contributed by atoms with van der Waals surface area (Å²) in [5.41, 5.74) is 0. The smallest absolute Gasteiger partial charge is 0.407 e. The number of amides is 2. The Kier molecular flexibility index (Phi) is 4.85. The molecular weight excluding hydrogens is 302 g/mol. The van der Waals surface area contributed by atoms with Gasteiger partial charge >= 0.3 is 6.09 Å². The highest BCUT2D eigenvalue weighted by molar-refractivity contribution is 7.17. The molecular formula is C12H16ClN3O3S. The Hall–Kier alpha value is -1.31. The first kappa shape index (κ1) is 15.1. The van der Waals surface area contributed by atoms with Gasteiger partial charge in [0.25, 0.3) is 5.91 Å². The molecule has 2 rings (SSSR count). The fraction of sp³-hybridized carbons (Fsp3) is 0.500. The van der Waals surface area contributed by atoms with Crippen molar-refractivity contribution in [3.63, 3.8) is 0 Å². The second-order valence-corrected chi connectivity index (χ2v) is 6.37. The summed E-state index contributed by atoms with van der Waals surface area (Å²) in [7, 11) is 1.80. The third-order valence-electron chi connectivity index (χ3n) is 3.40. The van der Waals surface area contributed by atoms with Gasteiger partial charge in [-0.25, -0.2) is 4.79 Å². The highest BCUT2D eigenvalue weighted by atomic mass is 35.5. The normalized spacial score (nSPS) is 22.0. The standard InChI is InChI=1S/C12H16ClN3O3S/c1-14-8-6-16(12(18)19)5-7(8)4-15-11(17)9-2-3-10(13)20-9/h2-3,7-8,14H,4-6H2,1H3,(H,15,17)(H,18,19)/t7-,8?/m1/s1. The van der Waals surface area contributed by atoms with E-state index in [1.807, 2.05) is 0 Å². The lowest BCUT2D eigenvalue weighted by molar-refractivity contribution is 0.0950. The van der Waals surface area contributed by atoms with Gasteiger partial charge in [-0.3, -0.25) is 4.79 Å². The summed E-state index contributed by atoms with van der Waals surface area (Å²) in [4.78, 5) is 24.8. The zero-order chi connectivity index (χ0) is 14.7. The van der Waals surface area contributed by atoms with Crippen molar-refractivity contribution >= 4 is 34.9 Å². The lowest BCUT2D eigenvalue weighted by Crippen LogP contribution is -2.40. The molecule has 1 aliphatic rings. The first-order valence-electron chi connectivity index (χ1n) is 6.20. The molecule has 0 aromatic carbocycles. The summed E-state index contributed by atoms with van der Waals surface area (Å²) in [6.07, 6.45) is -0.927. The average molecular weight is 318 g/mol. The molecule has 1 aromatic heterocycles. The van der Waals surface area contributed by atoms with Crippen molar-refractivity contribution in [1.82, 2.24) is 15.5 Å². The molecule has 2 amide bonds. The fourth-order valence-electron chi connectivity index (χ4n) is 2.31. The number of carboxylic acid groups (broad SMARTS) is 1. The van der Waals surface area contributed by atoms with Crippen LogP contribution < -0.4 is 10.6 Å². The molecule has 1 unspecified atom stereocenters. The van der Waals surface area contributed by atoms with Crippen molar-refractivity contribution in [3.05, 3.63) is 21.3 Å². The van der Waals surface area contributed by atoms with Gasteiger partial charge in [0.1, 0.15) is 0 Å². The second kappa shape index (κ2) is 6.43. The molecule has 0 saturated carbocycles. The van der Waals surface area contributed by atoms with Crippen LogP contribution in [0.5, 0.6) is 0 Å². The molecule has 1 aliphatic heterocycles. The number of halogens is 1. The van der Waals surface area contributed by atoms with Gasteiger partial charge in [-0.2, -0.15) is 0 Å². The van der Waals surface area contributed by atoms with Crippen LogP contribution in [0.2, 0.25) is 4.34 Å². The van der Waals surface area contributed by atoms with Gasteiger partial charge in [0.2, 0.25) is 0 Å². The molecule has 2 atom stereocenters. The Morgan fingerprint density at radius 2 is 2.25 bits per heavy atom. The molecule has 0 aliphatic carbocycles. The van der Waals surface area contributed by atoms with Crippen LogP contribution in [0.3, 0.4) is 0 Å². The first-order chi connectivity index (χ1) is 9.51. The average Bonchev–Trinajstić information content (AvgIpc) is 3.01. The Bertz CT molecular complexity index is 508. The lowest BCUT2D eigenvalue weighted by atomic mass is 10.0. The van der Waals surface area contributed by atoms with Crippen LogP contribution in [-0.4, -0.2) is 54.7 Å². The van der Waals surface area contributed by atoms with E-state index in [2.05, 4.69) is 10.6 Å². The van der Waals surface area contributed by atoms with Crippen molar-refractivity contribution in [3.8, 4) is 0 Å². The van der Waals surface area contributed by atoms with Crippen molar-refractivity contribution in [2.24, 2.45) is 5.92 Å². The van der Waals surface area contributed by atoms with Gasteiger partial charge in [-0.15, -0.1) is 11.3 Å². The highest BCUT2D eigenvalue weighted by Crippen LogP contribution is 2.21. The number of hydrogen-bond acceptors (Lipinski definition) is 4. The van der Waals surface area contributed by atoms with E-state index in [0.717, 1.165) is 0 Å². The number of nitrogens with one attached hydrogen (secondary N) is 2. The predicted octanol–water partition coefficient (Wildman–Crippen LogP) is 1.33. The van der Waals surface area contributed by atoms with Crippen LogP contribution in [0.25, 0.3) is 0 Å². The maximum atomic E-state index is 11.9. The van der Waals surface area contributed by atoms with E-state index >= 15 is 0 Å². The summed E-state index contributed by atoms with van der Waals surface area (Å²) in [6.45, 7) is 1.30. The van der Waals surface area contributed by atoms with Gasteiger partial charge in [-0.1, -0.05) is 11.6 Å². The number of carbonyl (C=O) groups excluding carboxylic acids is 1. The Morgan fingerprint density at radius 1 is 1.50 bits per heavy atom. The largest absolute Gasteiger partial charge is 0.465 e. The van der Waals surface area contributed by atoms with E-state index in [1.54, 1.807) is 19.2 Å². The van der Waals surface area contributed by atoms with E-state index in [4.69, 9.17) is 16.7 Å². The minimum atomic E-state index is -0.927. The van der Waals surface area contributed by atoms with Crippen molar-refractivity contribution in [1.29, 1.82) is 0 Å². The van der Waals surface area contributed by atoms with Crippen molar-refractivity contribution in [2.45, 2.75) is 6.04 Å². The zero-order valence-corrected chi connectivity index (χ0v) is 12.5. The summed E-state index contributed by atoms with van der Waals surface area (Å²) in [6, 6.07) is 3.41. The molecule has 6 nitrogen and oxygen atoms in total. The Labute approximate surface area is 125 Å². The van der Waals surface area contributed by atoms with E-state index in [1.165, 1.54) is 16.2 Å². The topological polar surface area (TPSA) is 81.7 Å². The van der Waals surface area contributed by atoms with Crippen LogP contribution in [0.4, 0.5) is 4.79 Å². The van der Waals surface area contributed by atoms with Crippen molar-refractivity contribution < 1.29 is 14.7 Å². The number of carbonyl (C=O) groups is 2. The Balaban J connectivity index is 1.89. The predicted molar refractivity (Wildman–Crippen MR) is 77.6 cm³/mol. The summed E-state index contributed by atoms with van der Waals surface area (Å²) >= 11 is 7.01. The van der Waals surface area contributed by atoms with Crippen molar-refractivity contribution in [2.75, 3.05) is 26.7 Å². The molecule has 2 heterocycles. The van der Waals surface area contributed by atoms with Gasteiger partial charge in [0.15, 0.2) is 0 Å². The fourth-order valence-corrected chi connectivity index (χ4v) is 3.27. The van der Waals surface area contributed by atoms with E-state index in [-0.39, 0.29) is 17.9 Å². The van der Waals surface area contributed by atoms with Crippen LogP contribution in [0, 0.1) is 5.92 Å². The monoisotopic (exact) mass is 317 g/mol. The molecule has 1 saturated heterocycles. The molecule has 110 valence electrons. The minimum absolute atomic E-state index is 0.0540. The van der Waals surface area contributed by atoms with E-state index < -0.39 is 6.09 Å². The van der Waals surface area contributed by atoms with Crippen LogP contribution >= 0.6 is 22.9 Å². The van der Waals surface area contributed by atoms with Gasteiger partial charge in [-0.05, 0) is 19.2 Å². The number of likely N-dealkylation sites (N-methyl/N-ethyl adjacent to an activating group) is 1. The molecule has 0 bridgehead atoms. The molecule has 1 aromatic rings. The molecule has 0 spiro atoms. The zero-order valence-electron chi connectivity index (χ0n) is 10.9. The molecule has 3 N–H and O–H groups in total. The summed E-state index contributed by atoms with van der Waals surface area (Å²) < 4.78 is 0.571. The maximum absolute atomic E-state index is 11.9. The maximum Gasteiger partial charge on any atom is 0.407 e. The summed E-state index contributed by atoms with van der Waals surface area (Å²) in [5.74, 6) is -0.110. The van der Waals surface area contributed by atoms with Gasteiger partial charge in [0, 0.05) is 31.6 Å². The number of nitrogens with zero attached hydrogens (tertiary/aromatic N) is 1. The van der Waals surface area contributed by atoms with Gasteiger partial charge < -0.3 is 20.6 Å². The van der Waals surface area contributed by atoms with Crippen LogP contribution in [0.1, 0.15) is 9.67 Å². The number of thiophene rings is 1. The highest BCUT2D eigenvalue weighted by Gasteiger charge is 2.34. The van der Waals surface area contributed by atoms with E-state index in [0.29, 0.717) is 28.8 Å². The molecule has 1 fully saturated rings. The van der Waals surface area contributed by atoms with E-state index in [9.17, 15) is 9.59 Å². The molecule has 8 heteroatoms. The quantitative estimate of drug-likeness (QED) is 0.782. The minimum Gasteiger partial charge on any atom is -0.465 e. The lowest BCUT2D eigenvalue weighted by Gasteiger charge is -2.17. The van der Waals surface area contributed by atoms with Crippen LogP contribution in [-0.2, 0) is 0 Å². The third-order valence-corrected chi connectivity index (χ3v) is 4.63. The second-order valence-electron chi connectivity index (χ2n) is 4.66.